The minimum Gasteiger partial charge on any atom is -0.493 e. The summed E-state index contributed by atoms with van der Waals surface area (Å²) in [6.07, 6.45) is 3.46. The van der Waals surface area contributed by atoms with E-state index in [1.165, 1.54) is 20.3 Å². The number of hydrogen-bond acceptors (Lipinski definition) is 8. The van der Waals surface area contributed by atoms with Gasteiger partial charge in [0.15, 0.2) is 17.3 Å². The van der Waals surface area contributed by atoms with Gasteiger partial charge in [0.1, 0.15) is 22.7 Å². The number of ether oxygens (including phenoxy) is 3. The summed E-state index contributed by atoms with van der Waals surface area (Å²) in [4.78, 5) is 26.6. The highest BCUT2D eigenvalue weighted by Gasteiger charge is 2.77. The molecule has 1 fully saturated rings. The van der Waals surface area contributed by atoms with Gasteiger partial charge in [0.2, 0.25) is 0 Å². The molecule has 2 N–H and O–H groups in total. The number of aliphatic hydroxyl groups is 2. The van der Waals surface area contributed by atoms with Crippen LogP contribution < -0.4 is 19.8 Å². The van der Waals surface area contributed by atoms with E-state index >= 15 is 0 Å². The molecule has 1 aromatic heterocycles. The first kappa shape index (κ1) is 24.6. The summed E-state index contributed by atoms with van der Waals surface area (Å²) >= 11 is 0. The molecule has 0 radical (unpaired) electrons. The Kier molecular flexibility index (Phi) is 5.09. The van der Waals surface area contributed by atoms with E-state index in [0.29, 0.717) is 17.1 Å². The number of rotatable bonds is 3. The predicted octanol–water partition coefficient (Wildman–Crippen LogP) is 3.45. The number of hydrogen-bond donors (Lipinski definition) is 2. The number of benzene rings is 1. The molecule has 2 heterocycles. The summed E-state index contributed by atoms with van der Waals surface area (Å²) in [5, 5.41) is 24.3. The van der Waals surface area contributed by atoms with E-state index in [1.54, 1.807) is 44.2 Å². The maximum Gasteiger partial charge on any atom is 0.343 e. The molecule has 0 unspecified atom stereocenters. The first-order valence-corrected chi connectivity index (χ1v) is 12.0. The Labute approximate surface area is 209 Å². The lowest BCUT2D eigenvalue weighted by atomic mass is 9.41. The zero-order valence-electron chi connectivity index (χ0n) is 21.4. The van der Waals surface area contributed by atoms with Crippen molar-refractivity contribution in [3.05, 3.63) is 52.4 Å². The fourth-order valence-corrected chi connectivity index (χ4v) is 6.59. The Hall–Kier alpha value is -3.10. The van der Waals surface area contributed by atoms with Crippen LogP contribution in [0.25, 0.3) is 11.3 Å². The van der Waals surface area contributed by atoms with E-state index in [1.807, 2.05) is 13.8 Å². The van der Waals surface area contributed by atoms with E-state index in [-0.39, 0.29) is 36.3 Å². The minimum atomic E-state index is -1.86. The van der Waals surface area contributed by atoms with Gasteiger partial charge in [-0.1, -0.05) is 19.9 Å². The highest BCUT2D eigenvalue weighted by molar-refractivity contribution is 5.98. The van der Waals surface area contributed by atoms with Crippen LogP contribution in [-0.2, 0) is 11.2 Å². The van der Waals surface area contributed by atoms with Crippen LogP contribution in [0.4, 0.5) is 0 Å². The van der Waals surface area contributed by atoms with Crippen LogP contribution in [0.5, 0.6) is 17.2 Å². The number of fused-ring (bicyclic) bond motifs is 4. The van der Waals surface area contributed by atoms with Crippen LogP contribution in [0.15, 0.2) is 45.6 Å². The van der Waals surface area contributed by atoms with E-state index in [4.69, 9.17) is 18.6 Å². The fourth-order valence-electron chi connectivity index (χ4n) is 6.59. The number of carbonyl (C=O) groups excluding carboxylic acids is 1. The van der Waals surface area contributed by atoms with E-state index in [0.717, 1.165) is 0 Å². The lowest BCUT2D eigenvalue weighted by molar-refractivity contribution is -0.297. The van der Waals surface area contributed by atoms with Crippen LogP contribution in [0.1, 0.15) is 46.1 Å². The molecule has 192 valence electrons. The fraction of sp³-hybridized carbons (Fsp3) is 0.500. The minimum absolute atomic E-state index is 0.129. The molecule has 8 nitrogen and oxygen atoms in total. The largest absolute Gasteiger partial charge is 0.493 e. The van der Waals surface area contributed by atoms with Crippen molar-refractivity contribution >= 4 is 5.78 Å². The molecule has 1 aliphatic heterocycles. The van der Waals surface area contributed by atoms with Crippen LogP contribution in [0.2, 0.25) is 0 Å². The molecule has 0 amide bonds. The van der Waals surface area contributed by atoms with E-state index < -0.39 is 39.0 Å². The number of allylic oxidation sites excluding steroid dienone is 1. The van der Waals surface area contributed by atoms with E-state index in [9.17, 15) is 19.8 Å². The maximum atomic E-state index is 13.4. The summed E-state index contributed by atoms with van der Waals surface area (Å²) in [6, 6.07) is 6.77. The Morgan fingerprint density at radius 3 is 2.28 bits per heavy atom. The first-order valence-electron chi connectivity index (χ1n) is 12.0. The van der Waals surface area contributed by atoms with Gasteiger partial charge >= 0.3 is 5.63 Å². The molecule has 1 aromatic carbocycles. The molecule has 36 heavy (non-hydrogen) atoms. The van der Waals surface area contributed by atoms with Gasteiger partial charge in [-0.25, -0.2) is 4.79 Å². The van der Waals surface area contributed by atoms with Crippen LogP contribution in [-0.4, -0.2) is 47.0 Å². The molecule has 0 spiro atoms. The van der Waals surface area contributed by atoms with Crippen molar-refractivity contribution in [2.75, 3.05) is 14.2 Å². The van der Waals surface area contributed by atoms with Gasteiger partial charge in [-0.05, 0) is 51.0 Å². The van der Waals surface area contributed by atoms with Crippen molar-refractivity contribution in [3.8, 4) is 28.6 Å². The third kappa shape index (κ3) is 2.82. The summed E-state index contributed by atoms with van der Waals surface area (Å²) in [5.41, 5.74) is -7.00. The number of carbonyl (C=O) groups is 1. The van der Waals surface area contributed by atoms with Crippen molar-refractivity contribution in [3.63, 3.8) is 0 Å². The van der Waals surface area contributed by atoms with Gasteiger partial charge in [0, 0.05) is 23.5 Å². The standard InChI is InChI=1S/C28H32O8/c1-24(2)10-9-22(29)26(4)27(24,31)12-11-25(3)28(26,32)15-17-20(36-25)14-19(35-23(17)30)16-7-8-18(33-5)21(13-16)34-6/h7-10,13-14,31-32H,11-12,15H2,1-6H3/t25-,26+,27-,28-/m0/s1. The quantitative estimate of drug-likeness (QED) is 0.664. The van der Waals surface area contributed by atoms with Crippen molar-refractivity contribution in [2.24, 2.45) is 10.8 Å². The monoisotopic (exact) mass is 496 g/mol. The molecule has 2 aromatic rings. The average molecular weight is 497 g/mol. The van der Waals surface area contributed by atoms with Crippen molar-refractivity contribution in [1.82, 2.24) is 0 Å². The highest BCUT2D eigenvalue weighted by Crippen LogP contribution is 2.65. The SMILES string of the molecule is COc1ccc(-c2cc3c(c(=O)o2)C[C@@]2(O)[C@]4(C)C(=O)C=CC(C)(C)[C@@]4(O)CC[C@]2(C)O3)cc1OC. The molecule has 4 atom stereocenters. The zero-order chi connectivity index (χ0) is 26.3. The predicted molar refractivity (Wildman–Crippen MR) is 131 cm³/mol. The summed E-state index contributed by atoms with van der Waals surface area (Å²) < 4.78 is 22.7. The van der Waals surface area contributed by atoms with Gasteiger partial charge in [-0.3, -0.25) is 4.79 Å². The topological polar surface area (TPSA) is 115 Å². The number of methoxy groups -OCH3 is 2. The van der Waals surface area contributed by atoms with Crippen molar-refractivity contribution in [1.29, 1.82) is 0 Å². The first-order chi connectivity index (χ1) is 16.8. The molecule has 3 aliphatic rings. The maximum absolute atomic E-state index is 13.4. The lowest BCUT2D eigenvalue weighted by Gasteiger charge is -2.68. The Morgan fingerprint density at radius 2 is 1.61 bits per heavy atom. The van der Waals surface area contributed by atoms with Gasteiger partial charge in [0.25, 0.3) is 0 Å². The molecule has 8 heteroatoms. The summed E-state index contributed by atoms with van der Waals surface area (Å²) in [6.45, 7) is 7.03. The molecular formula is C28H32O8. The second-order valence-corrected chi connectivity index (χ2v) is 11.1. The van der Waals surface area contributed by atoms with Gasteiger partial charge in [0.05, 0.1) is 30.8 Å². The Bertz CT molecular complexity index is 1360. The van der Waals surface area contributed by atoms with E-state index in [2.05, 4.69) is 0 Å². The summed E-state index contributed by atoms with van der Waals surface area (Å²) in [7, 11) is 3.05. The van der Waals surface area contributed by atoms with Gasteiger partial charge in [-0.15, -0.1) is 0 Å². The third-order valence-corrected chi connectivity index (χ3v) is 9.15. The normalized spacial score (nSPS) is 34.2. The highest BCUT2D eigenvalue weighted by atomic mass is 16.5. The molecule has 0 saturated heterocycles. The average Bonchev–Trinajstić information content (AvgIpc) is 2.84. The van der Waals surface area contributed by atoms with Crippen LogP contribution in [0, 0.1) is 10.8 Å². The van der Waals surface area contributed by atoms with Crippen molar-refractivity contribution < 1.29 is 33.6 Å². The Balaban J connectivity index is 1.65. The molecule has 1 saturated carbocycles. The molecule has 5 rings (SSSR count). The smallest absolute Gasteiger partial charge is 0.343 e. The van der Waals surface area contributed by atoms with Gasteiger partial charge < -0.3 is 28.8 Å². The molecular weight excluding hydrogens is 464 g/mol. The van der Waals surface area contributed by atoms with Crippen molar-refractivity contribution in [2.45, 2.75) is 63.8 Å². The Morgan fingerprint density at radius 1 is 0.917 bits per heavy atom. The molecule has 0 bridgehead atoms. The lowest BCUT2D eigenvalue weighted by Crippen LogP contribution is -2.81. The second kappa shape index (κ2) is 7.46. The van der Waals surface area contributed by atoms with Crippen LogP contribution >= 0.6 is 0 Å². The van der Waals surface area contributed by atoms with Gasteiger partial charge in [-0.2, -0.15) is 0 Å². The summed E-state index contributed by atoms with van der Waals surface area (Å²) in [5.74, 6) is 1.17. The zero-order valence-corrected chi connectivity index (χ0v) is 21.4. The molecule has 2 aliphatic carbocycles. The number of ketones is 1. The third-order valence-electron chi connectivity index (χ3n) is 9.15. The van der Waals surface area contributed by atoms with Crippen LogP contribution in [0.3, 0.4) is 0 Å². The second-order valence-electron chi connectivity index (χ2n) is 11.1.